The molecule has 1 amide bonds. The van der Waals surface area contributed by atoms with Crippen molar-refractivity contribution >= 4 is 11.9 Å². The lowest BCUT2D eigenvalue weighted by Gasteiger charge is -2.15. The fraction of sp³-hybridized carbons (Fsp3) is 0.722. The van der Waals surface area contributed by atoms with Crippen molar-refractivity contribution in [3.05, 3.63) is 18.7 Å². The van der Waals surface area contributed by atoms with Gasteiger partial charge >= 0.3 is 5.97 Å². The predicted molar refractivity (Wildman–Crippen MR) is 92.1 cm³/mol. The number of aromatic nitrogens is 2. The van der Waals surface area contributed by atoms with E-state index in [9.17, 15) is 9.59 Å². The third kappa shape index (κ3) is 6.34. The van der Waals surface area contributed by atoms with E-state index in [-0.39, 0.29) is 17.8 Å². The van der Waals surface area contributed by atoms with Gasteiger partial charge in [-0.05, 0) is 6.42 Å². The highest BCUT2D eigenvalue weighted by Crippen LogP contribution is 2.19. The van der Waals surface area contributed by atoms with Crippen molar-refractivity contribution < 1.29 is 18.9 Å². The number of carbonyl (C=O) groups excluding carboxylic acids is 2. The van der Waals surface area contributed by atoms with Gasteiger partial charge in [-0.25, -0.2) is 9.13 Å². The van der Waals surface area contributed by atoms with Crippen LogP contribution >= 0.6 is 0 Å². The zero-order chi connectivity index (χ0) is 17.9. The van der Waals surface area contributed by atoms with Crippen molar-refractivity contribution in [2.45, 2.75) is 53.0 Å². The summed E-state index contributed by atoms with van der Waals surface area (Å²) in [6, 6.07) is 0. The Bertz CT molecular complexity index is 513. The van der Waals surface area contributed by atoms with E-state index in [0.717, 1.165) is 32.4 Å². The van der Waals surface area contributed by atoms with Crippen LogP contribution in [0.25, 0.3) is 0 Å². The first kappa shape index (κ1) is 20.2. The molecule has 0 radical (unpaired) electrons. The van der Waals surface area contributed by atoms with Gasteiger partial charge in [-0.1, -0.05) is 27.2 Å². The van der Waals surface area contributed by atoms with Crippen LogP contribution in [0.2, 0.25) is 0 Å². The highest BCUT2D eigenvalue weighted by atomic mass is 16.5. The van der Waals surface area contributed by atoms with Gasteiger partial charge in [0.2, 0.25) is 12.2 Å². The van der Waals surface area contributed by atoms with E-state index in [0.29, 0.717) is 19.6 Å². The average Bonchev–Trinajstić information content (AvgIpc) is 3.17. The van der Waals surface area contributed by atoms with Gasteiger partial charge in [0.05, 0.1) is 26.1 Å². The molecule has 1 aromatic heterocycles. The molecule has 0 saturated carbocycles. The lowest BCUT2D eigenvalue weighted by atomic mass is 10.1. The van der Waals surface area contributed by atoms with Crippen molar-refractivity contribution in [1.29, 1.82) is 0 Å². The molecule has 24 heavy (non-hydrogen) atoms. The Labute approximate surface area is 145 Å². The molecule has 1 atom stereocenters. The van der Waals surface area contributed by atoms with Gasteiger partial charge in [0.1, 0.15) is 12.4 Å². The smallest absolute Gasteiger partial charge is 0.311 e. The zero-order valence-corrected chi connectivity index (χ0v) is 15.5. The molecule has 1 aliphatic heterocycles. The van der Waals surface area contributed by atoms with Crippen LogP contribution in [0.4, 0.5) is 0 Å². The van der Waals surface area contributed by atoms with Crippen LogP contribution in [0.3, 0.4) is 0 Å². The number of unbranched alkanes of at least 4 members (excludes halogenated alkanes) is 1. The number of amides is 1. The number of hydrogen-bond donors (Lipinski definition) is 0. The van der Waals surface area contributed by atoms with E-state index in [1.807, 2.05) is 44.2 Å². The molecule has 1 aromatic rings. The van der Waals surface area contributed by atoms with Gasteiger partial charge in [-0.3, -0.25) is 9.59 Å². The van der Waals surface area contributed by atoms with Gasteiger partial charge in [0, 0.05) is 25.9 Å². The Kier molecular flexibility index (Phi) is 9.12. The first-order valence-electron chi connectivity index (χ1n) is 9.05. The topological polar surface area (TPSA) is 55.4 Å². The van der Waals surface area contributed by atoms with E-state index in [1.165, 1.54) is 0 Å². The quantitative estimate of drug-likeness (QED) is 0.413. The number of aryl methyl sites for hydroxylation is 2. The lowest BCUT2D eigenvalue weighted by Crippen LogP contribution is -2.27. The summed E-state index contributed by atoms with van der Waals surface area (Å²) in [5.74, 6) is -0.436. The van der Waals surface area contributed by atoms with Crippen LogP contribution in [-0.4, -0.2) is 41.0 Å². The van der Waals surface area contributed by atoms with Crippen LogP contribution in [-0.2, 0) is 27.9 Å². The Morgan fingerprint density at radius 2 is 2.08 bits per heavy atom. The third-order valence-corrected chi connectivity index (χ3v) is 3.96. The lowest BCUT2D eigenvalue weighted by molar-refractivity contribution is -0.671. The second-order valence-corrected chi connectivity index (χ2v) is 5.93. The molecule has 2 rings (SSSR count). The summed E-state index contributed by atoms with van der Waals surface area (Å²) in [5.41, 5.74) is 0. The van der Waals surface area contributed by atoms with Gasteiger partial charge in [0.25, 0.3) is 0 Å². The minimum absolute atomic E-state index is 0.0789. The number of likely N-dealkylation sites (tertiary alicyclic amines) is 1. The number of hydrogen-bond acceptors (Lipinski definition) is 3. The largest absolute Gasteiger partial charge is 0.465 e. The molecule has 0 aliphatic carbocycles. The van der Waals surface area contributed by atoms with Crippen molar-refractivity contribution in [3.63, 3.8) is 0 Å². The fourth-order valence-corrected chi connectivity index (χ4v) is 2.67. The maximum absolute atomic E-state index is 12.0. The second kappa shape index (κ2) is 10.8. The van der Waals surface area contributed by atoms with Crippen molar-refractivity contribution in [2.24, 2.45) is 13.0 Å². The monoisotopic (exact) mass is 338 g/mol. The third-order valence-electron chi connectivity index (χ3n) is 3.96. The van der Waals surface area contributed by atoms with Crippen LogP contribution in [0.1, 0.15) is 46.5 Å². The highest BCUT2D eigenvalue weighted by Gasteiger charge is 2.34. The van der Waals surface area contributed by atoms with Crippen molar-refractivity contribution in [2.75, 3.05) is 19.7 Å². The van der Waals surface area contributed by atoms with Crippen LogP contribution < -0.4 is 4.57 Å². The van der Waals surface area contributed by atoms with Crippen LogP contribution in [0, 0.1) is 5.92 Å². The molecule has 1 unspecified atom stereocenters. The molecule has 1 aliphatic rings. The molecule has 0 bridgehead atoms. The summed E-state index contributed by atoms with van der Waals surface area (Å²) < 4.78 is 9.35. The maximum Gasteiger partial charge on any atom is 0.311 e. The van der Waals surface area contributed by atoms with Gasteiger partial charge in [0.15, 0.2) is 0 Å². The second-order valence-electron chi connectivity index (χ2n) is 5.93. The van der Waals surface area contributed by atoms with Gasteiger partial charge < -0.3 is 9.64 Å². The first-order chi connectivity index (χ1) is 11.6. The maximum atomic E-state index is 12.0. The predicted octanol–water partition coefficient (Wildman–Crippen LogP) is 1.92. The number of imidazole rings is 1. The molecule has 0 N–H and O–H groups in total. The summed E-state index contributed by atoms with van der Waals surface area (Å²) in [6.45, 7) is 8.59. The summed E-state index contributed by atoms with van der Waals surface area (Å²) in [4.78, 5) is 25.6. The Balaban J connectivity index is 0.00000139. The molecular weight excluding hydrogens is 306 g/mol. The molecule has 136 valence electrons. The van der Waals surface area contributed by atoms with E-state index < -0.39 is 0 Å². The zero-order valence-electron chi connectivity index (χ0n) is 15.5. The molecule has 0 aromatic carbocycles. The Morgan fingerprint density at radius 3 is 2.71 bits per heavy atom. The van der Waals surface area contributed by atoms with E-state index >= 15 is 0 Å². The normalized spacial score (nSPS) is 16.8. The standard InChI is InChI=1S/C16H26N3O3.C2H6/c1-3-4-7-19-12-14(11-15(19)20)16(21)22-10-5-6-18-9-8-17(2)13-18;1-2/h8-9,13-14H,3-7,10-12H2,1-2H3;1-2H3/q+1;. The molecule has 2 heterocycles. The van der Waals surface area contributed by atoms with E-state index in [1.54, 1.807) is 4.90 Å². The SMILES string of the molecule is CC.CCCCN1CC(C(=O)OCCCn2cc[n+](C)c2)CC1=O. The molecular formula is C18H32N3O3+. The molecule has 1 saturated heterocycles. The fourth-order valence-electron chi connectivity index (χ4n) is 2.67. The average molecular weight is 338 g/mol. The highest BCUT2D eigenvalue weighted by molar-refractivity contribution is 5.86. The summed E-state index contributed by atoms with van der Waals surface area (Å²) in [7, 11) is 1.97. The van der Waals surface area contributed by atoms with Crippen LogP contribution in [0.5, 0.6) is 0 Å². The van der Waals surface area contributed by atoms with E-state index in [4.69, 9.17) is 4.74 Å². The Hall–Kier alpha value is -1.85. The van der Waals surface area contributed by atoms with Gasteiger partial charge in [-0.2, -0.15) is 0 Å². The summed E-state index contributed by atoms with van der Waals surface area (Å²) in [5, 5.41) is 0. The number of esters is 1. The molecule has 6 nitrogen and oxygen atoms in total. The van der Waals surface area contributed by atoms with Crippen molar-refractivity contribution in [1.82, 2.24) is 9.47 Å². The Morgan fingerprint density at radius 1 is 1.33 bits per heavy atom. The number of rotatable bonds is 8. The number of carbonyl (C=O) groups is 2. The summed E-state index contributed by atoms with van der Waals surface area (Å²) in [6.07, 6.45) is 9.07. The van der Waals surface area contributed by atoms with Gasteiger partial charge in [-0.15, -0.1) is 0 Å². The number of nitrogens with zero attached hydrogens (tertiary/aromatic N) is 3. The number of ether oxygens (including phenoxy) is 1. The minimum Gasteiger partial charge on any atom is -0.465 e. The molecule has 1 fully saturated rings. The summed E-state index contributed by atoms with van der Waals surface area (Å²) >= 11 is 0. The first-order valence-corrected chi connectivity index (χ1v) is 9.05. The van der Waals surface area contributed by atoms with Crippen molar-refractivity contribution in [3.8, 4) is 0 Å². The molecule has 0 spiro atoms. The van der Waals surface area contributed by atoms with Crippen LogP contribution in [0.15, 0.2) is 18.7 Å². The molecule has 6 heteroatoms. The minimum atomic E-state index is -0.284. The van der Waals surface area contributed by atoms with E-state index in [2.05, 4.69) is 11.5 Å².